The lowest BCUT2D eigenvalue weighted by molar-refractivity contribution is 0.0690. The molecule has 0 unspecified atom stereocenters. The van der Waals surface area contributed by atoms with Crippen LogP contribution in [-0.2, 0) is 0 Å². The average molecular weight is 236 g/mol. The van der Waals surface area contributed by atoms with Gasteiger partial charge in [0.05, 0.1) is 0 Å². The molecule has 1 aromatic heterocycles. The molecule has 1 aliphatic heterocycles. The number of carboxylic acids is 1. The van der Waals surface area contributed by atoms with E-state index in [9.17, 15) is 9.90 Å². The van der Waals surface area contributed by atoms with Gasteiger partial charge in [-0.1, -0.05) is 13.0 Å². The number of rotatable bonds is 3. The number of aliphatic hydroxyl groups excluding tert-OH is 1. The monoisotopic (exact) mass is 236 g/mol. The number of hydrogen-bond acceptors (Lipinski definition) is 4. The number of carboxylic acid groups (broad SMARTS) is 1. The molecule has 0 aliphatic carbocycles. The van der Waals surface area contributed by atoms with Crippen LogP contribution in [0.4, 0.5) is 5.82 Å². The Morgan fingerprint density at radius 3 is 2.88 bits per heavy atom. The third-order valence-electron chi connectivity index (χ3n) is 3.28. The largest absolute Gasteiger partial charge is 0.477 e. The molecule has 0 saturated carbocycles. The van der Waals surface area contributed by atoms with E-state index < -0.39 is 5.97 Å². The van der Waals surface area contributed by atoms with Crippen molar-refractivity contribution in [3.8, 4) is 0 Å². The zero-order chi connectivity index (χ0) is 12.4. The third kappa shape index (κ3) is 2.39. The van der Waals surface area contributed by atoms with Crippen LogP contribution in [0.15, 0.2) is 18.2 Å². The zero-order valence-corrected chi connectivity index (χ0v) is 9.71. The average Bonchev–Trinajstić information content (AvgIpc) is 2.71. The zero-order valence-electron chi connectivity index (χ0n) is 9.71. The molecule has 1 aromatic rings. The minimum absolute atomic E-state index is 0.0580. The summed E-state index contributed by atoms with van der Waals surface area (Å²) in [7, 11) is 0. The highest BCUT2D eigenvalue weighted by Gasteiger charge is 2.29. The molecule has 2 atom stereocenters. The number of aromatic nitrogens is 1. The lowest BCUT2D eigenvalue weighted by atomic mass is 10.00. The highest BCUT2D eigenvalue weighted by molar-refractivity contribution is 5.85. The van der Waals surface area contributed by atoms with Crippen molar-refractivity contribution in [2.75, 3.05) is 24.6 Å². The van der Waals surface area contributed by atoms with E-state index in [1.165, 1.54) is 6.07 Å². The van der Waals surface area contributed by atoms with Crippen molar-refractivity contribution >= 4 is 11.8 Å². The van der Waals surface area contributed by atoms with Gasteiger partial charge in [0.1, 0.15) is 5.82 Å². The standard InChI is InChI=1S/C12H16N2O3/c1-8-5-14(6-9(8)7-15)11-4-2-3-10(13-11)12(16)17/h2-4,8-9,15H,5-7H2,1H3,(H,16,17)/t8-,9+/m1/s1. The molecule has 1 aliphatic rings. The molecular formula is C12H16N2O3. The molecule has 1 fully saturated rings. The van der Waals surface area contributed by atoms with E-state index >= 15 is 0 Å². The molecule has 0 bridgehead atoms. The van der Waals surface area contributed by atoms with E-state index in [-0.39, 0.29) is 18.2 Å². The Kier molecular flexibility index (Phi) is 3.28. The number of hydrogen-bond donors (Lipinski definition) is 2. The van der Waals surface area contributed by atoms with Crippen molar-refractivity contribution in [3.63, 3.8) is 0 Å². The third-order valence-corrected chi connectivity index (χ3v) is 3.28. The summed E-state index contributed by atoms with van der Waals surface area (Å²) in [5.41, 5.74) is 0.0580. The normalized spacial score (nSPS) is 24.0. The predicted octanol–water partition coefficient (Wildman–Crippen LogP) is 0.844. The van der Waals surface area contributed by atoms with Crippen LogP contribution in [0.25, 0.3) is 0 Å². The summed E-state index contributed by atoms with van der Waals surface area (Å²) >= 11 is 0. The Labute approximate surface area is 99.7 Å². The first-order valence-electron chi connectivity index (χ1n) is 5.68. The van der Waals surface area contributed by atoms with Crippen LogP contribution >= 0.6 is 0 Å². The van der Waals surface area contributed by atoms with Gasteiger partial charge in [0.15, 0.2) is 5.69 Å². The molecule has 2 heterocycles. The van der Waals surface area contributed by atoms with Gasteiger partial charge in [-0.05, 0) is 18.1 Å². The summed E-state index contributed by atoms with van der Waals surface area (Å²) in [6.45, 7) is 3.78. The molecule has 5 nitrogen and oxygen atoms in total. The van der Waals surface area contributed by atoms with Crippen LogP contribution in [0.5, 0.6) is 0 Å². The van der Waals surface area contributed by atoms with Crippen LogP contribution in [0, 0.1) is 11.8 Å². The van der Waals surface area contributed by atoms with E-state index in [1.54, 1.807) is 12.1 Å². The maximum Gasteiger partial charge on any atom is 0.354 e. The molecular weight excluding hydrogens is 220 g/mol. The Morgan fingerprint density at radius 1 is 1.53 bits per heavy atom. The summed E-state index contributed by atoms with van der Waals surface area (Å²) in [4.78, 5) is 17.0. The van der Waals surface area contributed by atoms with Gasteiger partial charge >= 0.3 is 5.97 Å². The van der Waals surface area contributed by atoms with Crippen molar-refractivity contribution in [3.05, 3.63) is 23.9 Å². The topological polar surface area (TPSA) is 73.7 Å². The fourth-order valence-electron chi connectivity index (χ4n) is 2.18. The van der Waals surface area contributed by atoms with E-state index in [0.29, 0.717) is 11.7 Å². The Balaban J connectivity index is 2.18. The minimum atomic E-state index is -1.02. The number of pyridine rings is 1. The molecule has 2 N–H and O–H groups in total. The summed E-state index contributed by atoms with van der Waals surface area (Å²) in [5, 5.41) is 18.1. The van der Waals surface area contributed by atoms with Gasteiger partial charge in [0.25, 0.3) is 0 Å². The van der Waals surface area contributed by atoms with Crippen LogP contribution in [0.3, 0.4) is 0 Å². The van der Waals surface area contributed by atoms with Crippen molar-refractivity contribution in [1.29, 1.82) is 0 Å². The minimum Gasteiger partial charge on any atom is -0.477 e. The molecule has 0 spiro atoms. The molecule has 0 aromatic carbocycles. The summed E-state index contributed by atoms with van der Waals surface area (Å²) in [6, 6.07) is 4.98. The van der Waals surface area contributed by atoms with Crippen LogP contribution in [0.2, 0.25) is 0 Å². The van der Waals surface area contributed by atoms with Gasteiger partial charge in [-0.3, -0.25) is 0 Å². The van der Waals surface area contributed by atoms with Gasteiger partial charge in [0, 0.05) is 25.6 Å². The van der Waals surface area contributed by atoms with Crippen LogP contribution < -0.4 is 4.90 Å². The number of aromatic carboxylic acids is 1. The number of carbonyl (C=O) groups is 1. The lowest BCUT2D eigenvalue weighted by Crippen LogP contribution is -2.22. The number of nitrogens with zero attached hydrogens (tertiary/aromatic N) is 2. The summed E-state index contributed by atoms with van der Waals surface area (Å²) in [6.07, 6.45) is 0. The molecule has 1 saturated heterocycles. The second kappa shape index (κ2) is 4.71. The Morgan fingerprint density at radius 2 is 2.29 bits per heavy atom. The smallest absolute Gasteiger partial charge is 0.354 e. The molecule has 5 heteroatoms. The Bertz CT molecular complexity index is 422. The van der Waals surface area contributed by atoms with E-state index in [0.717, 1.165) is 13.1 Å². The second-order valence-corrected chi connectivity index (χ2v) is 4.51. The van der Waals surface area contributed by atoms with Crippen LogP contribution in [-0.4, -0.2) is 40.9 Å². The predicted molar refractivity (Wildman–Crippen MR) is 63.1 cm³/mol. The highest BCUT2D eigenvalue weighted by Crippen LogP contribution is 2.26. The van der Waals surface area contributed by atoms with Crippen molar-refractivity contribution in [1.82, 2.24) is 4.98 Å². The second-order valence-electron chi connectivity index (χ2n) is 4.51. The van der Waals surface area contributed by atoms with Gasteiger partial charge in [-0.25, -0.2) is 9.78 Å². The molecule has 92 valence electrons. The van der Waals surface area contributed by atoms with Gasteiger partial charge in [-0.2, -0.15) is 0 Å². The van der Waals surface area contributed by atoms with E-state index in [4.69, 9.17) is 5.11 Å². The van der Waals surface area contributed by atoms with Crippen molar-refractivity contribution < 1.29 is 15.0 Å². The SMILES string of the molecule is C[C@@H]1CN(c2cccc(C(=O)O)n2)C[C@H]1CO. The quantitative estimate of drug-likeness (QED) is 0.813. The first kappa shape index (κ1) is 11.9. The maximum atomic E-state index is 10.8. The maximum absolute atomic E-state index is 10.8. The van der Waals surface area contributed by atoms with Crippen LogP contribution in [0.1, 0.15) is 17.4 Å². The van der Waals surface area contributed by atoms with E-state index in [1.807, 2.05) is 4.90 Å². The molecule has 17 heavy (non-hydrogen) atoms. The molecule has 0 radical (unpaired) electrons. The fourth-order valence-corrected chi connectivity index (χ4v) is 2.18. The van der Waals surface area contributed by atoms with Gasteiger partial charge in [-0.15, -0.1) is 0 Å². The summed E-state index contributed by atoms with van der Waals surface area (Å²) in [5.74, 6) is 0.297. The van der Waals surface area contributed by atoms with Crippen molar-refractivity contribution in [2.24, 2.45) is 11.8 Å². The summed E-state index contributed by atoms with van der Waals surface area (Å²) < 4.78 is 0. The Hall–Kier alpha value is -1.62. The fraction of sp³-hybridized carbons (Fsp3) is 0.500. The molecule has 2 rings (SSSR count). The van der Waals surface area contributed by atoms with E-state index in [2.05, 4.69) is 11.9 Å². The lowest BCUT2D eigenvalue weighted by Gasteiger charge is -2.17. The van der Waals surface area contributed by atoms with Gasteiger partial charge in [0.2, 0.25) is 0 Å². The number of aliphatic hydroxyl groups is 1. The van der Waals surface area contributed by atoms with Gasteiger partial charge < -0.3 is 15.1 Å². The molecule has 0 amide bonds. The highest BCUT2D eigenvalue weighted by atomic mass is 16.4. The number of anilines is 1. The van der Waals surface area contributed by atoms with Crippen molar-refractivity contribution in [2.45, 2.75) is 6.92 Å². The first-order chi connectivity index (χ1) is 8.11. The first-order valence-corrected chi connectivity index (χ1v) is 5.68.